The minimum atomic E-state index is -0.0114. The van der Waals surface area contributed by atoms with Crippen LogP contribution in [-0.2, 0) is 16.1 Å². The molecule has 2 rings (SSSR count). The molecule has 4 heteroatoms. The van der Waals surface area contributed by atoms with Crippen LogP contribution in [0.15, 0.2) is 24.3 Å². The molecular weight excluding hydrogens is 232 g/mol. The molecule has 0 atom stereocenters. The zero-order valence-corrected chi connectivity index (χ0v) is 10.5. The van der Waals surface area contributed by atoms with Gasteiger partial charge in [0.05, 0.1) is 26.4 Å². The number of rotatable bonds is 7. The van der Waals surface area contributed by atoms with Crippen LogP contribution in [0, 0.1) is 0 Å². The first-order valence-corrected chi connectivity index (χ1v) is 6.44. The largest absolute Gasteiger partial charge is 0.494 e. The van der Waals surface area contributed by atoms with Gasteiger partial charge in [0.2, 0.25) is 0 Å². The Labute approximate surface area is 107 Å². The van der Waals surface area contributed by atoms with Crippen molar-refractivity contribution in [2.75, 3.05) is 19.8 Å². The van der Waals surface area contributed by atoms with Crippen LogP contribution in [0.5, 0.6) is 5.75 Å². The van der Waals surface area contributed by atoms with Crippen LogP contribution < -0.4 is 4.74 Å². The van der Waals surface area contributed by atoms with Crippen LogP contribution in [0.25, 0.3) is 0 Å². The molecule has 4 nitrogen and oxygen atoms in total. The lowest BCUT2D eigenvalue weighted by Gasteiger charge is -2.09. The number of aliphatic hydroxyl groups is 1. The Bertz CT molecular complexity index is 347. The van der Waals surface area contributed by atoms with Gasteiger partial charge in [0.1, 0.15) is 5.75 Å². The molecule has 0 unspecified atom stereocenters. The number of hydrogen-bond donors (Lipinski definition) is 1. The molecule has 1 saturated heterocycles. The Morgan fingerprint density at radius 2 is 2.06 bits per heavy atom. The summed E-state index contributed by atoms with van der Waals surface area (Å²) in [4.78, 5) is 0. The number of hydrogen-bond acceptors (Lipinski definition) is 4. The molecule has 0 spiro atoms. The Morgan fingerprint density at radius 1 is 1.22 bits per heavy atom. The first kappa shape index (κ1) is 13.3. The van der Waals surface area contributed by atoms with Crippen LogP contribution in [0.3, 0.4) is 0 Å². The quantitative estimate of drug-likeness (QED) is 0.755. The van der Waals surface area contributed by atoms with Gasteiger partial charge in [-0.2, -0.15) is 0 Å². The van der Waals surface area contributed by atoms with Gasteiger partial charge in [0.25, 0.3) is 0 Å². The molecule has 1 aromatic carbocycles. The summed E-state index contributed by atoms with van der Waals surface area (Å²) in [6.07, 6.45) is 2.93. The summed E-state index contributed by atoms with van der Waals surface area (Å²) in [6.45, 7) is 2.17. The highest BCUT2D eigenvalue weighted by Crippen LogP contribution is 2.15. The maximum atomic E-state index is 9.01. The highest BCUT2D eigenvalue weighted by molar-refractivity contribution is 5.27. The first-order valence-electron chi connectivity index (χ1n) is 6.44. The Balaban J connectivity index is 1.59. The molecule has 18 heavy (non-hydrogen) atoms. The molecule has 1 fully saturated rings. The second-order valence-electron chi connectivity index (χ2n) is 4.32. The predicted molar refractivity (Wildman–Crippen MR) is 67.4 cm³/mol. The third-order valence-electron chi connectivity index (χ3n) is 2.87. The molecule has 1 aliphatic heterocycles. The Morgan fingerprint density at radius 3 is 2.83 bits per heavy atom. The highest BCUT2D eigenvalue weighted by Gasteiger charge is 2.14. The van der Waals surface area contributed by atoms with Gasteiger partial charge in [0.15, 0.2) is 6.29 Å². The molecule has 1 aliphatic rings. The Kier molecular flexibility index (Phi) is 5.45. The lowest BCUT2D eigenvalue weighted by molar-refractivity contribution is -0.0482. The topological polar surface area (TPSA) is 47.9 Å². The summed E-state index contributed by atoms with van der Waals surface area (Å²) in [5.41, 5.74) is 0.875. The van der Waals surface area contributed by atoms with E-state index in [4.69, 9.17) is 19.3 Å². The van der Waals surface area contributed by atoms with Crippen molar-refractivity contribution in [3.8, 4) is 5.75 Å². The third-order valence-corrected chi connectivity index (χ3v) is 2.87. The van der Waals surface area contributed by atoms with E-state index in [1.165, 1.54) is 0 Å². The summed E-state index contributed by atoms with van der Waals surface area (Å²) in [5.74, 6) is 0.815. The van der Waals surface area contributed by atoms with Crippen LogP contribution in [-0.4, -0.2) is 31.2 Å². The minimum Gasteiger partial charge on any atom is -0.494 e. The zero-order valence-electron chi connectivity index (χ0n) is 10.5. The molecule has 0 aliphatic carbocycles. The lowest BCUT2D eigenvalue weighted by atomic mass is 10.2. The van der Waals surface area contributed by atoms with Crippen molar-refractivity contribution in [2.45, 2.75) is 32.2 Å². The molecular formula is C14H20O4. The van der Waals surface area contributed by atoms with E-state index in [9.17, 15) is 0 Å². The summed E-state index contributed by atoms with van der Waals surface area (Å²) in [6, 6.07) is 7.54. The van der Waals surface area contributed by atoms with Gasteiger partial charge < -0.3 is 19.3 Å². The van der Waals surface area contributed by atoms with Crippen molar-refractivity contribution in [3.63, 3.8) is 0 Å². The SMILES string of the molecule is OCc1cccc(OCCCCC2OCCO2)c1. The fraction of sp³-hybridized carbons (Fsp3) is 0.571. The number of benzene rings is 1. The molecule has 0 saturated carbocycles. The minimum absolute atomic E-state index is 0.0114. The average Bonchev–Trinajstić information content (AvgIpc) is 2.92. The Hall–Kier alpha value is -1.10. The van der Waals surface area contributed by atoms with Crippen molar-refractivity contribution < 1.29 is 19.3 Å². The number of aliphatic hydroxyl groups excluding tert-OH is 1. The van der Waals surface area contributed by atoms with Crippen LogP contribution in [0.2, 0.25) is 0 Å². The molecule has 0 radical (unpaired) electrons. The second kappa shape index (κ2) is 7.36. The van der Waals surface area contributed by atoms with Gasteiger partial charge >= 0.3 is 0 Å². The van der Waals surface area contributed by atoms with E-state index in [0.717, 1.165) is 43.8 Å². The zero-order chi connectivity index (χ0) is 12.6. The van der Waals surface area contributed by atoms with Gasteiger partial charge in [-0.15, -0.1) is 0 Å². The summed E-state index contributed by atoms with van der Waals surface area (Å²) >= 11 is 0. The molecule has 1 aromatic rings. The molecule has 0 amide bonds. The van der Waals surface area contributed by atoms with Gasteiger partial charge in [-0.1, -0.05) is 12.1 Å². The predicted octanol–water partition coefficient (Wildman–Crippen LogP) is 2.10. The molecule has 1 heterocycles. The highest BCUT2D eigenvalue weighted by atomic mass is 16.7. The van der Waals surface area contributed by atoms with E-state index in [1.54, 1.807) is 0 Å². The van der Waals surface area contributed by atoms with E-state index < -0.39 is 0 Å². The number of ether oxygens (including phenoxy) is 3. The molecule has 0 bridgehead atoms. The van der Waals surface area contributed by atoms with Gasteiger partial charge in [-0.25, -0.2) is 0 Å². The summed E-state index contributed by atoms with van der Waals surface area (Å²) in [7, 11) is 0. The maximum absolute atomic E-state index is 9.01. The maximum Gasteiger partial charge on any atom is 0.157 e. The first-order chi connectivity index (χ1) is 8.88. The average molecular weight is 252 g/mol. The smallest absolute Gasteiger partial charge is 0.157 e. The third kappa shape index (κ3) is 4.29. The summed E-state index contributed by atoms with van der Waals surface area (Å²) < 4.78 is 16.3. The van der Waals surface area contributed by atoms with Gasteiger partial charge in [0, 0.05) is 0 Å². The van der Waals surface area contributed by atoms with Crippen molar-refractivity contribution >= 4 is 0 Å². The standard InChI is InChI=1S/C14H20O4/c15-11-12-4-3-5-13(10-12)16-7-2-1-6-14-17-8-9-18-14/h3-5,10,14-15H,1-2,6-9,11H2. The monoisotopic (exact) mass is 252 g/mol. The van der Waals surface area contributed by atoms with Crippen molar-refractivity contribution in [1.29, 1.82) is 0 Å². The summed E-state index contributed by atoms with van der Waals surface area (Å²) in [5, 5.41) is 9.01. The van der Waals surface area contributed by atoms with Crippen LogP contribution in [0.4, 0.5) is 0 Å². The van der Waals surface area contributed by atoms with E-state index in [2.05, 4.69) is 0 Å². The fourth-order valence-electron chi connectivity index (χ4n) is 1.91. The molecule has 100 valence electrons. The lowest BCUT2D eigenvalue weighted by Crippen LogP contribution is -2.08. The number of unbranched alkanes of at least 4 members (excludes halogenated alkanes) is 1. The van der Waals surface area contributed by atoms with Crippen LogP contribution in [0.1, 0.15) is 24.8 Å². The van der Waals surface area contributed by atoms with Crippen molar-refractivity contribution in [1.82, 2.24) is 0 Å². The fourth-order valence-corrected chi connectivity index (χ4v) is 1.91. The van der Waals surface area contributed by atoms with Gasteiger partial charge in [-0.05, 0) is 37.0 Å². The van der Waals surface area contributed by atoms with E-state index in [-0.39, 0.29) is 12.9 Å². The van der Waals surface area contributed by atoms with Crippen LogP contribution >= 0.6 is 0 Å². The van der Waals surface area contributed by atoms with Crippen molar-refractivity contribution in [2.24, 2.45) is 0 Å². The van der Waals surface area contributed by atoms with E-state index >= 15 is 0 Å². The molecule has 1 N–H and O–H groups in total. The normalized spacial score (nSPS) is 16.1. The van der Waals surface area contributed by atoms with E-state index in [1.807, 2.05) is 24.3 Å². The van der Waals surface area contributed by atoms with Gasteiger partial charge in [-0.3, -0.25) is 0 Å². The van der Waals surface area contributed by atoms with E-state index in [0.29, 0.717) is 6.61 Å². The van der Waals surface area contributed by atoms with Crippen molar-refractivity contribution in [3.05, 3.63) is 29.8 Å². The molecule has 0 aromatic heterocycles. The second-order valence-corrected chi connectivity index (χ2v) is 4.32.